The van der Waals surface area contributed by atoms with Crippen molar-refractivity contribution < 1.29 is 24.2 Å². The minimum Gasteiger partial charge on any atom is -0.481 e. The zero-order valence-electron chi connectivity index (χ0n) is 9.19. The van der Waals surface area contributed by atoms with Gasteiger partial charge >= 0.3 is 11.9 Å². The second-order valence-electron chi connectivity index (χ2n) is 3.20. The number of rotatable bonds is 8. The molecule has 0 rings (SSSR count). The Morgan fingerprint density at radius 1 is 1.33 bits per heavy atom. The van der Waals surface area contributed by atoms with Crippen LogP contribution in [0.5, 0.6) is 0 Å². The number of esters is 1. The van der Waals surface area contributed by atoms with E-state index in [0.29, 0.717) is 6.61 Å². The third-order valence-corrected chi connectivity index (χ3v) is 1.90. The molecule has 1 N–H and O–H groups in total. The molecule has 0 saturated heterocycles. The minimum absolute atomic E-state index is 0.326. The average Bonchev–Trinajstić information content (AvgIpc) is 2.20. The van der Waals surface area contributed by atoms with Crippen molar-refractivity contribution in [3.63, 3.8) is 0 Å². The Morgan fingerprint density at radius 3 is 2.47 bits per heavy atom. The molecule has 5 heteroatoms. The molecule has 0 fully saturated rings. The SMILES string of the molecule is CCCCCOC(=O)C(CC(=O)O)OC. The number of ether oxygens (including phenoxy) is 2. The first-order valence-electron chi connectivity index (χ1n) is 5.03. The van der Waals surface area contributed by atoms with Gasteiger partial charge in [0.2, 0.25) is 0 Å². The average molecular weight is 218 g/mol. The van der Waals surface area contributed by atoms with E-state index in [1.807, 2.05) is 6.92 Å². The van der Waals surface area contributed by atoms with Crippen LogP contribution in [0.1, 0.15) is 32.6 Å². The van der Waals surface area contributed by atoms with Gasteiger partial charge in [0.05, 0.1) is 13.0 Å². The molecule has 88 valence electrons. The third-order valence-electron chi connectivity index (χ3n) is 1.90. The van der Waals surface area contributed by atoms with Gasteiger partial charge in [0.15, 0.2) is 6.10 Å². The quantitative estimate of drug-likeness (QED) is 0.489. The number of carboxylic acids is 1. The predicted octanol–water partition coefficient (Wildman–Crippen LogP) is 1.21. The largest absolute Gasteiger partial charge is 0.481 e. The van der Waals surface area contributed by atoms with Crippen LogP contribution < -0.4 is 0 Å². The van der Waals surface area contributed by atoms with Gasteiger partial charge in [0, 0.05) is 7.11 Å². The van der Waals surface area contributed by atoms with Gasteiger partial charge in [-0.1, -0.05) is 19.8 Å². The van der Waals surface area contributed by atoms with Crippen LogP contribution in [0.4, 0.5) is 0 Å². The maximum absolute atomic E-state index is 11.3. The Kier molecular flexibility index (Phi) is 7.62. The summed E-state index contributed by atoms with van der Waals surface area (Å²) in [6.45, 7) is 2.37. The van der Waals surface area contributed by atoms with Crippen LogP contribution in [0.15, 0.2) is 0 Å². The van der Waals surface area contributed by atoms with Gasteiger partial charge in [-0.25, -0.2) is 4.79 Å². The zero-order chi connectivity index (χ0) is 11.7. The van der Waals surface area contributed by atoms with Crippen LogP contribution in [-0.4, -0.2) is 36.9 Å². The van der Waals surface area contributed by atoms with Crippen molar-refractivity contribution in [2.75, 3.05) is 13.7 Å². The van der Waals surface area contributed by atoms with E-state index < -0.39 is 18.0 Å². The standard InChI is InChI=1S/C10H18O5/c1-3-4-5-6-15-10(13)8(14-2)7-9(11)12/h8H,3-7H2,1-2H3,(H,11,12). The molecule has 0 aromatic heterocycles. The summed E-state index contributed by atoms with van der Waals surface area (Å²) in [4.78, 5) is 21.6. The maximum Gasteiger partial charge on any atom is 0.335 e. The fraction of sp³-hybridized carbons (Fsp3) is 0.800. The van der Waals surface area contributed by atoms with Crippen molar-refractivity contribution in [3.8, 4) is 0 Å². The lowest BCUT2D eigenvalue weighted by Gasteiger charge is -2.12. The fourth-order valence-electron chi connectivity index (χ4n) is 1.04. The molecule has 0 aliphatic carbocycles. The normalized spacial score (nSPS) is 12.1. The van der Waals surface area contributed by atoms with Crippen molar-refractivity contribution in [1.82, 2.24) is 0 Å². The lowest BCUT2D eigenvalue weighted by molar-refractivity contribution is -0.160. The maximum atomic E-state index is 11.3. The molecule has 0 bridgehead atoms. The Balaban J connectivity index is 3.78. The second-order valence-corrected chi connectivity index (χ2v) is 3.20. The van der Waals surface area contributed by atoms with Crippen LogP contribution in [0.25, 0.3) is 0 Å². The third kappa shape index (κ3) is 6.90. The molecule has 0 aliphatic rings. The summed E-state index contributed by atoms with van der Waals surface area (Å²) in [5.41, 5.74) is 0. The minimum atomic E-state index is -1.08. The first-order chi connectivity index (χ1) is 7.11. The Hall–Kier alpha value is -1.10. The summed E-state index contributed by atoms with van der Waals surface area (Å²) >= 11 is 0. The molecule has 5 nitrogen and oxygen atoms in total. The second kappa shape index (κ2) is 8.23. The van der Waals surface area contributed by atoms with Crippen molar-refractivity contribution in [1.29, 1.82) is 0 Å². The Labute approximate surface area is 89.4 Å². The van der Waals surface area contributed by atoms with Crippen LogP contribution in [-0.2, 0) is 19.1 Å². The van der Waals surface area contributed by atoms with Crippen molar-refractivity contribution in [2.45, 2.75) is 38.7 Å². The van der Waals surface area contributed by atoms with Gasteiger partial charge in [0.1, 0.15) is 0 Å². The molecule has 0 amide bonds. The predicted molar refractivity (Wildman–Crippen MR) is 53.5 cm³/mol. The zero-order valence-corrected chi connectivity index (χ0v) is 9.19. The van der Waals surface area contributed by atoms with E-state index in [1.54, 1.807) is 0 Å². The highest BCUT2D eigenvalue weighted by Gasteiger charge is 2.22. The van der Waals surface area contributed by atoms with Gasteiger partial charge in [0.25, 0.3) is 0 Å². The van der Waals surface area contributed by atoms with Crippen molar-refractivity contribution >= 4 is 11.9 Å². The molecule has 0 spiro atoms. The first kappa shape index (κ1) is 13.9. The summed E-state index contributed by atoms with van der Waals surface area (Å²) < 4.78 is 9.60. The summed E-state index contributed by atoms with van der Waals surface area (Å²) in [5.74, 6) is -1.68. The van der Waals surface area contributed by atoms with Gasteiger partial charge < -0.3 is 14.6 Å². The number of methoxy groups -OCH3 is 1. The van der Waals surface area contributed by atoms with E-state index in [2.05, 4.69) is 0 Å². The van der Waals surface area contributed by atoms with Crippen molar-refractivity contribution in [3.05, 3.63) is 0 Å². The van der Waals surface area contributed by atoms with E-state index in [4.69, 9.17) is 14.6 Å². The number of carbonyl (C=O) groups excluding carboxylic acids is 1. The van der Waals surface area contributed by atoms with E-state index in [9.17, 15) is 9.59 Å². The number of aliphatic carboxylic acids is 1. The molecule has 0 saturated carbocycles. The lowest BCUT2D eigenvalue weighted by atomic mass is 10.2. The summed E-state index contributed by atoms with van der Waals surface area (Å²) in [5, 5.41) is 8.49. The molecule has 0 radical (unpaired) electrons. The van der Waals surface area contributed by atoms with Gasteiger partial charge in [-0.3, -0.25) is 4.79 Å². The number of hydrogen-bond acceptors (Lipinski definition) is 4. The smallest absolute Gasteiger partial charge is 0.335 e. The Bertz CT molecular complexity index is 202. The van der Waals surface area contributed by atoms with Crippen LogP contribution >= 0.6 is 0 Å². The molecule has 15 heavy (non-hydrogen) atoms. The number of unbranched alkanes of at least 4 members (excludes halogenated alkanes) is 2. The molecule has 1 unspecified atom stereocenters. The van der Waals surface area contributed by atoms with Crippen molar-refractivity contribution in [2.24, 2.45) is 0 Å². The molecule has 0 heterocycles. The number of carbonyl (C=O) groups is 2. The summed E-state index contributed by atoms with van der Waals surface area (Å²) in [6, 6.07) is 0. The van der Waals surface area contributed by atoms with E-state index in [0.717, 1.165) is 19.3 Å². The van der Waals surface area contributed by atoms with E-state index in [-0.39, 0.29) is 6.42 Å². The molecular weight excluding hydrogens is 200 g/mol. The topological polar surface area (TPSA) is 72.8 Å². The number of hydrogen-bond donors (Lipinski definition) is 1. The molecule has 0 aliphatic heterocycles. The Morgan fingerprint density at radius 2 is 2.00 bits per heavy atom. The molecule has 0 aromatic rings. The summed E-state index contributed by atoms with van der Waals surface area (Å²) in [6.07, 6.45) is 1.48. The monoisotopic (exact) mass is 218 g/mol. The summed E-state index contributed by atoms with van der Waals surface area (Å²) in [7, 11) is 1.29. The first-order valence-corrected chi connectivity index (χ1v) is 5.03. The van der Waals surface area contributed by atoms with E-state index >= 15 is 0 Å². The lowest BCUT2D eigenvalue weighted by Crippen LogP contribution is -2.28. The molecule has 1 atom stereocenters. The number of carboxylic acid groups (broad SMARTS) is 1. The highest BCUT2D eigenvalue weighted by atomic mass is 16.6. The highest BCUT2D eigenvalue weighted by Crippen LogP contribution is 2.02. The van der Waals surface area contributed by atoms with Gasteiger partial charge in [-0.15, -0.1) is 0 Å². The highest BCUT2D eigenvalue weighted by molar-refractivity contribution is 5.80. The van der Waals surface area contributed by atoms with Gasteiger partial charge in [-0.2, -0.15) is 0 Å². The van der Waals surface area contributed by atoms with E-state index in [1.165, 1.54) is 7.11 Å². The van der Waals surface area contributed by atoms with Crippen LogP contribution in [0.2, 0.25) is 0 Å². The van der Waals surface area contributed by atoms with Crippen LogP contribution in [0, 0.1) is 0 Å². The fourth-order valence-corrected chi connectivity index (χ4v) is 1.04. The van der Waals surface area contributed by atoms with Gasteiger partial charge in [-0.05, 0) is 6.42 Å². The molecule has 0 aromatic carbocycles. The van der Waals surface area contributed by atoms with Crippen LogP contribution in [0.3, 0.4) is 0 Å². The molecular formula is C10H18O5.